The number of aryl methyl sites for hydroxylation is 1. The molecule has 0 aliphatic heterocycles. The summed E-state index contributed by atoms with van der Waals surface area (Å²) in [6, 6.07) is 8.66. The van der Waals surface area contributed by atoms with Gasteiger partial charge in [0.05, 0.1) is 5.52 Å². The number of aromatic nitrogens is 1. The van der Waals surface area contributed by atoms with Gasteiger partial charge in [-0.2, -0.15) is 0 Å². The normalized spacial score (nSPS) is 11.7. The van der Waals surface area contributed by atoms with Crippen molar-refractivity contribution in [2.75, 3.05) is 0 Å². The van der Waals surface area contributed by atoms with Crippen molar-refractivity contribution < 1.29 is 0 Å². The van der Waals surface area contributed by atoms with Crippen LogP contribution in [0.3, 0.4) is 0 Å². The second-order valence-electron chi connectivity index (χ2n) is 5.27. The summed E-state index contributed by atoms with van der Waals surface area (Å²) in [5, 5.41) is 3.58. The van der Waals surface area contributed by atoms with E-state index in [-0.39, 0.29) is 0 Å². The van der Waals surface area contributed by atoms with Crippen molar-refractivity contribution in [3.05, 3.63) is 29.8 Å². The van der Waals surface area contributed by atoms with Crippen LogP contribution in [0.25, 0.3) is 10.9 Å². The summed E-state index contributed by atoms with van der Waals surface area (Å²) >= 11 is 3.76. The highest BCUT2D eigenvalue weighted by Gasteiger charge is 2.12. The van der Waals surface area contributed by atoms with Gasteiger partial charge in [-0.05, 0) is 24.6 Å². The molecule has 19 heavy (non-hydrogen) atoms. The molecule has 0 fully saturated rings. The molecule has 102 valence electrons. The molecule has 0 unspecified atom stereocenters. The van der Waals surface area contributed by atoms with Crippen molar-refractivity contribution in [2.45, 2.75) is 55.0 Å². The Labute approximate surface area is 124 Å². The van der Waals surface area contributed by atoms with Crippen molar-refractivity contribution in [1.82, 2.24) is 4.98 Å². The van der Waals surface area contributed by atoms with Crippen molar-refractivity contribution >= 4 is 34.4 Å². The van der Waals surface area contributed by atoms with Crippen molar-refractivity contribution in [3.8, 4) is 0 Å². The zero-order valence-corrected chi connectivity index (χ0v) is 13.9. The molecular formula is C16H21NS2. The monoisotopic (exact) mass is 291 g/mol. The molecule has 0 saturated heterocycles. The Bertz CT molecular complexity index is 576. The number of fused-ring (bicyclic) bond motifs is 1. The molecular weight excluding hydrogens is 270 g/mol. The average molecular weight is 291 g/mol. The second-order valence-corrected chi connectivity index (χ2v) is 8.45. The van der Waals surface area contributed by atoms with Gasteiger partial charge in [-0.25, -0.2) is 4.98 Å². The molecule has 0 spiro atoms. The van der Waals surface area contributed by atoms with Crippen LogP contribution in [0.1, 0.15) is 33.3 Å². The van der Waals surface area contributed by atoms with E-state index in [0.717, 1.165) is 5.52 Å². The predicted molar refractivity (Wildman–Crippen MR) is 88.5 cm³/mol. The topological polar surface area (TPSA) is 12.9 Å². The maximum Gasteiger partial charge on any atom is 0.111 e. The van der Waals surface area contributed by atoms with E-state index >= 15 is 0 Å². The Balaban J connectivity index is 2.56. The fourth-order valence-corrected chi connectivity index (χ4v) is 3.86. The SMILES string of the molecule is Cc1cccc2nc(SC(C)C)c(SC(C)C)cc12. The summed E-state index contributed by atoms with van der Waals surface area (Å²) in [5.41, 5.74) is 2.41. The highest BCUT2D eigenvalue weighted by atomic mass is 32.2. The maximum atomic E-state index is 4.87. The molecule has 1 aromatic carbocycles. The van der Waals surface area contributed by atoms with Gasteiger partial charge in [0, 0.05) is 20.8 Å². The third kappa shape index (κ3) is 3.67. The lowest BCUT2D eigenvalue weighted by atomic mass is 10.1. The lowest BCUT2D eigenvalue weighted by molar-refractivity contribution is 1.02. The van der Waals surface area contributed by atoms with Gasteiger partial charge in [0.15, 0.2) is 0 Å². The third-order valence-corrected chi connectivity index (χ3v) is 4.89. The van der Waals surface area contributed by atoms with Crippen LogP contribution in [0, 0.1) is 6.92 Å². The number of thioether (sulfide) groups is 2. The molecule has 3 heteroatoms. The Hall–Kier alpha value is -0.670. The first-order chi connectivity index (χ1) is 8.97. The first-order valence-corrected chi connectivity index (χ1v) is 8.47. The van der Waals surface area contributed by atoms with Gasteiger partial charge < -0.3 is 0 Å². The molecule has 2 rings (SSSR count). The van der Waals surface area contributed by atoms with Crippen LogP contribution >= 0.6 is 23.5 Å². The van der Waals surface area contributed by atoms with Crippen LogP contribution in [0.2, 0.25) is 0 Å². The molecule has 1 aromatic heterocycles. The van der Waals surface area contributed by atoms with Gasteiger partial charge in [-0.15, -0.1) is 23.5 Å². The van der Waals surface area contributed by atoms with E-state index in [0.29, 0.717) is 10.5 Å². The zero-order valence-electron chi connectivity index (χ0n) is 12.2. The standard InChI is InChI=1S/C16H21NS2/c1-10(2)18-15-9-13-12(5)7-6-8-14(13)17-16(15)19-11(3)4/h6-11H,1-5H3. The van der Waals surface area contributed by atoms with E-state index in [1.807, 2.05) is 23.5 Å². The van der Waals surface area contributed by atoms with Gasteiger partial charge >= 0.3 is 0 Å². The molecule has 0 amide bonds. The number of nitrogens with zero attached hydrogens (tertiary/aromatic N) is 1. The van der Waals surface area contributed by atoms with Gasteiger partial charge in [-0.1, -0.05) is 39.8 Å². The maximum absolute atomic E-state index is 4.87. The van der Waals surface area contributed by atoms with Crippen LogP contribution in [0.4, 0.5) is 0 Å². The van der Waals surface area contributed by atoms with E-state index < -0.39 is 0 Å². The molecule has 0 N–H and O–H groups in total. The zero-order chi connectivity index (χ0) is 14.0. The number of pyridine rings is 1. The van der Waals surface area contributed by atoms with Crippen molar-refractivity contribution in [3.63, 3.8) is 0 Å². The fourth-order valence-electron chi connectivity index (χ4n) is 1.95. The number of rotatable bonds is 4. The summed E-state index contributed by atoms with van der Waals surface area (Å²) in [5.74, 6) is 0. The fraction of sp³-hybridized carbons (Fsp3) is 0.438. The largest absolute Gasteiger partial charge is 0.240 e. The molecule has 0 radical (unpaired) electrons. The summed E-state index contributed by atoms with van der Waals surface area (Å²) in [7, 11) is 0. The summed E-state index contributed by atoms with van der Waals surface area (Å²) in [6.45, 7) is 11.1. The molecule has 2 aromatic rings. The number of hydrogen-bond donors (Lipinski definition) is 0. The predicted octanol–water partition coefficient (Wildman–Crippen LogP) is 5.54. The first kappa shape index (κ1) is 14.7. The van der Waals surface area contributed by atoms with E-state index in [1.54, 1.807) is 0 Å². The average Bonchev–Trinajstić information content (AvgIpc) is 2.29. The van der Waals surface area contributed by atoms with Gasteiger partial charge in [0.25, 0.3) is 0 Å². The number of benzene rings is 1. The quantitative estimate of drug-likeness (QED) is 0.686. The minimum Gasteiger partial charge on any atom is -0.240 e. The van der Waals surface area contributed by atoms with Crippen LogP contribution in [0.5, 0.6) is 0 Å². The van der Waals surface area contributed by atoms with Crippen molar-refractivity contribution in [2.24, 2.45) is 0 Å². The minimum atomic E-state index is 0.557. The summed E-state index contributed by atoms with van der Waals surface area (Å²) in [6.07, 6.45) is 0. The lowest BCUT2D eigenvalue weighted by Crippen LogP contribution is -1.96. The number of hydrogen-bond acceptors (Lipinski definition) is 3. The second kappa shape index (κ2) is 6.19. The minimum absolute atomic E-state index is 0.557. The Morgan fingerprint density at radius 2 is 1.68 bits per heavy atom. The van der Waals surface area contributed by atoms with Gasteiger partial charge in [-0.3, -0.25) is 0 Å². The summed E-state index contributed by atoms with van der Waals surface area (Å²) in [4.78, 5) is 6.19. The van der Waals surface area contributed by atoms with Crippen LogP contribution in [0.15, 0.2) is 34.2 Å². The smallest absolute Gasteiger partial charge is 0.111 e. The molecule has 0 bridgehead atoms. The van der Waals surface area contributed by atoms with Crippen LogP contribution < -0.4 is 0 Å². The van der Waals surface area contributed by atoms with Gasteiger partial charge in [0.2, 0.25) is 0 Å². The third-order valence-electron chi connectivity index (χ3n) is 2.72. The molecule has 0 aliphatic carbocycles. The lowest BCUT2D eigenvalue weighted by Gasteiger charge is -2.14. The molecule has 0 aliphatic rings. The van der Waals surface area contributed by atoms with Crippen molar-refractivity contribution in [1.29, 1.82) is 0 Å². The van der Waals surface area contributed by atoms with E-state index in [1.165, 1.54) is 20.9 Å². The van der Waals surface area contributed by atoms with Gasteiger partial charge in [0.1, 0.15) is 5.03 Å². The Morgan fingerprint density at radius 3 is 2.32 bits per heavy atom. The molecule has 1 nitrogen and oxygen atoms in total. The van der Waals surface area contributed by atoms with Crippen LogP contribution in [-0.4, -0.2) is 15.5 Å². The molecule has 1 heterocycles. The first-order valence-electron chi connectivity index (χ1n) is 6.71. The van der Waals surface area contributed by atoms with Crippen LogP contribution in [-0.2, 0) is 0 Å². The molecule has 0 saturated carbocycles. The molecule has 0 atom stereocenters. The Kier molecular flexibility index (Phi) is 4.80. The van der Waals surface area contributed by atoms with E-state index in [9.17, 15) is 0 Å². The van der Waals surface area contributed by atoms with E-state index in [4.69, 9.17) is 4.98 Å². The summed E-state index contributed by atoms with van der Waals surface area (Å²) < 4.78 is 0. The highest BCUT2D eigenvalue weighted by molar-refractivity contribution is 8.02. The van der Waals surface area contributed by atoms with E-state index in [2.05, 4.69) is 58.9 Å². The Morgan fingerprint density at radius 1 is 1.00 bits per heavy atom. The highest BCUT2D eigenvalue weighted by Crippen LogP contribution is 2.36.